The van der Waals surface area contributed by atoms with E-state index in [-0.39, 0.29) is 24.2 Å². The Bertz CT molecular complexity index is 751. The smallest absolute Gasteiger partial charge is 0.329 e. The van der Waals surface area contributed by atoms with E-state index in [9.17, 15) is 14.4 Å². The van der Waals surface area contributed by atoms with Crippen LogP contribution in [0.15, 0.2) is 41.8 Å². The number of ketones is 1. The number of rotatable bonds is 8. The van der Waals surface area contributed by atoms with Gasteiger partial charge < -0.3 is 10.1 Å². The van der Waals surface area contributed by atoms with E-state index in [0.717, 1.165) is 12.0 Å². The number of esters is 1. The molecule has 0 spiro atoms. The highest BCUT2D eigenvalue weighted by molar-refractivity contribution is 7.12. The Kier molecular flexibility index (Phi) is 7.09. The number of Topliss-reactive ketones (excluding diaryl/α,β-unsaturated/α-hetero) is 1. The minimum atomic E-state index is -0.806. The van der Waals surface area contributed by atoms with Crippen molar-refractivity contribution in [2.24, 2.45) is 5.92 Å². The topological polar surface area (TPSA) is 72.5 Å². The summed E-state index contributed by atoms with van der Waals surface area (Å²) in [7, 11) is 0. The lowest BCUT2D eigenvalue weighted by molar-refractivity contribution is -0.145. The molecule has 2 rings (SSSR count). The number of hydrogen-bond donors (Lipinski definition) is 1. The summed E-state index contributed by atoms with van der Waals surface area (Å²) >= 11 is 1.30. The van der Waals surface area contributed by atoms with Crippen LogP contribution in [0.5, 0.6) is 0 Å². The first-order valence-electron chi connectivity index (χ1n) is 8.55. The molecule has 0 radical (unpaired) electrons. The lowest BCUT2D eigenvalue weighted by atomic mass is 10.0. The van der Waals surface area contributed by atoms with Crippen LogP contribution in [0.3, 0.4) is 0 Å². The van der Waals surface area contributed by atoms with E-state index in [1.807, 2.05) is 32.9 Å². The lowest BCUT2D eigenvalue weighted by Crippen LogP contribution is -2.45. The molecule has 0 aliphatic rings. The van der Waals surface area contributed by atoms with Gasteiger partial charge in [0.1, 0.15) is 6.04 Å². The molecule has 1 atom stereocenters. The van der Waals surface area contributed by atoms with Crippen LogP contribution in [0.25, 0.3) is 0 Å². The molecule has 0 saturated carbocycles. The molecule has 1 heterocycles. The molecule has 1 amide bonds. The van der Waals surface area contributed by atoms with Gasteiger partial charge in [0.2, 0.25) is 0 Å². The Morgan fingerprint density at radius 2 is 1.81 bits per heavy atom. The highest BCUT2D eigenvalue weighted by Gasteiger charge is 2.27. The summed E-state index contributed by atoms with van der Waals surface area (Å²) in [4.78, 5) is 37.2. The number of carbonyl (C=O) groups excluding carboxylic acids is 3. The van der Waals surface area contributed by atoms with Crippen molar-refractivity contribution in [2.75, 3.05) is 6.61 Å². The van der Waals surface area contributed by atoms with Crippen molar-refractivity contribution in [3.63, 3.8) is 0 Å². The van der Waals surface area contributed by atoms with E-state index in [1.165, 1.54) is 11.3 Å². The fraction of sp³-hybridized carbons (Fsp3) is 0.350. The van der Waals surface area contributed by atoms with Crippen LogP contribution in [0.2, 0.25) is 0 Å². The van der Waals surface area contributed by atoms with Crippen LogP contribution in [0.1, 0.15) is 46.4 Å². The Morgan fingerprint density at radius 1 is 1.12 bits per heavy atom. The molecule has 0 aliphatic heterocycles. The van der Waals surface area contributed by atoms with E-state index in [2.05, 4.69) is 5.32 Å². The predicted molar refractivity (Wildman–Crippen MR) is 102 cm³/mol. The van der Waals surface area contributed by atoms with E-state index in [0.29, 0.717) is 10.4 Å². The second kappa shape index (κ2) is 9.29. The molecule has 2 aromatic rings. The van der Waals surface area contributed by atoms with Gasteiger partial charge in [-0.05, 0) is 29.3 Å². The Hall–Kier alpha value is -2.47. The van der Waals surface area contributed by atoms with Crippen molar-refractivity contribution < 1.29 is 19.1 Å². The monoisotopic (exact) mass is 373 g/mol. The molecule has 138 valence electrons. The number of benzene rings is 1. The van der Waals surface area contributed by atoms with Crippen molar-refractivity contribution in [3.05, 3.63) is 57.8 Å². The number of ether oxygens (including phenoxy) is 1. The molecule has 26 heavy (non-hydrogen) atoms. The van der Waals surface area contributed by atoms with Gasteiger partial charge in [-0.15, -0.1) is 11.3 Å². The normalized spacial score (nSPS) is 11.8. The Labute approximate surface area is 157 Å². The molecule has 0 unspecified atom stereocenters. The van der Waals surface area contributed by atoms with Crippen molar-refractivity contribution in [3.8, 4) is 0 Å². The summed E-state index contributed by atoms with van der Waals surface area (Å²) in [6, 6.07) is 9.87. The van der Waals surface area contributed by atoms with Crippen LogP contribution in [-0.4, -0.2) is 30.3 Å². The zero-order chi connectivity index (χ0) is 19.1. The highest BCUT2D eigenvalue weighted by atomic mass is 32.1. The standard InChI is InChI=1S/C20H23NO4S/c1-4-14-7-9-15(10-8-14)16(22)12-25-20(24)18(13(2)3)21-19(23)17-6-5-11-26-17/h5-11,13,18H,4,12H2,1-3H3,(H,21,23)/t18-/m0/s1. The van der Waals surface area contributed by atoms with Gasteiger partial charge in [0.15, 0.2) is 12.4 Å². The van der Waals surface area contributed by atoms with Gasteiger partial charge in [-0.2, -0.15) is 0 Å². The zero-order valence-electron chi connectivity index (χ0n) is 15.2. The quantitative estimate of drug-likeness (QED) is 0.568. The van der Waals surface area contributed by atoms with Crippen LogP contribution in [0, 0.1) is 5.92 Å². The molecule has 0 aliphatic carbocycles. The van der Waals surface area contributed by atoms with Crippen molar-refractivity contribution in [1.29, 1.82) is 0 Å². The first-order valence-corrected chi connectivity index (χ1v) is 9.43. The van der Waals surface area contributed by atoms with E-state index < -0.39 is 12.0 Å². The molecule has 1 N–H and O–H groups in total. The van der Waals surface area contributed by atoms with E-state index >= 15 is 0 Å². The first kappa shape index (κ1) is 19.8. The number of carbonyl (C=O) groups is 3. The van der Waals surface area contributed by atoms with Crippen LogP contribution in [0.4, 0.5) is 0 Å². The fourth-order valence-corrected chi connectivity index (χ4v) is 2.98. The lowest BCUT2D eigenvalue weighted by Gasteiger charge is -2.20. The third-order valence-corrected chi connectivity index (χ3v) is 4.85. The second-order valence-corrected chi connectivity index (χ2v) is 7.20. The number of thiophene rings is 1. The number of hydrogen-bond acceptors (Lipinski definition) is 5. The van der Waals surface area contributed by atoms with Gasteiger partial charge in [0, 0.05) is 5.56 Å². The average Bonchev–Trinajstić information content (AvgIpc) is 3.18. The summed E-state index contributed by atoms with van der Waals surface area (Å²) in [5.41, 5.74) is 1.63. The van der Waals surface area contributed by atoms with Gasteiger partial charge >= 0.3 is 5.97 Å². The molecule has 0 saturated heterocycles. The maximum Gasteiger partial charge on any atom is 0.329 e. The van der Waals surface area contributed by atoms with Crippen molar-refractivity contribution in [2.45, 2.75) is 33.2 Å². The summed E-state index contributed by atoms with van der Waals surface area (Å²) in [5, 5.41) is 4.47. The minimum Gasteiger partial charge on any atom is -0.456 e. The largest absolute Gasteiger partial charge is 0.456 e. The molecule has 6 heteroatoms. The number of nitrogens with one attached hydrogen (secondary N) is 1. The molecular formula is C20H23NO4S. The molecule has 5 nitrogen and oxygen atoms in total. The van der Waals surface area contributed by atoms with Gasteiger partial charge in [0.05, 0.1) is 4.88 Å². The minimum absolute atomic E-state index is 0.162. The van der Waals surface area contributed by atoms with Crippen molar-refractivity contribution >= 4 is 29.0 Å². The summed E-state index contributed by atoms with van der Waals surface area (Å²) in [6.45, 7) is 5.31. The van der Waals surface area contributed by atoms with E-state index in [1.54, 1.807) is 29.6 Å². The third kappa shape index (κ3) is 5.26. The van der Waals surface area contributed by atoms with Crippen LogP contribution in [-0.2, 0) is 16.0 Å². The zero-order valence-corrected chi connectivity index (χ0v) is 16.0. The van der Waals surface area contributed by atoms with Crippen LogP contribution < -0.4 is 5.32 Å². The summed E-state index contributed by atoms with van der Waals surface area (Å²) < 4.78 is 5.16. The third-order valence-electron chi connectivity index (χ3n) is 3.98. The Balaban J connectivity index is 1.94. The van der Waals surface area contributed by atoms with Gasteiger partial charge in [-0.25, -0.2) is 4.79 Å². The molecule has 0 fully saturated rings. The highest BCUT2D eigenvalue weighted by Crippen LogP contribution is 2.12. The second-order valence-electron chi connectivity index (χ2n) is 6.25. The predicted octanol–water partition coefficient (Wildman–Crippen LogP) is 3.49. The average molecular weight is 373 g/mol. The fourth-order valence-electron chi connectivity index (χ4n) is 2.35. The summed E-state index contributed by atoms with van der Waals surface area (Å²) in [5.74, 6) is -1.36. The molecule has 1 aromatic carbocycles. The van der Waals surface area contributed by atoms with Gasteiger partial charge in [-0.3, -0.25) is 9.59 Å². The summed E-state index contributed by atoms with van der Waals surface area (Å²) in [6.07, 6.45) is 0.892. The Morgan fingerprint density at radius 3 is 2.35 bits per heavy atom. The SMILES string of the molecule is CCc1ccc(C(=O)COC(=O)[C@@H](NC(=O)c2cccs2)C(C)C)cc1. The maximum atomic E-state index is 12.3. The van der Waals surface area contributed by atoms with Gasteiger partial charge in [0.25, 0.3) is 5.91 Å². The van der Waals surface area contributed by atoms with Gasteiger partial charge in [-0.1, -0.05) is 51.1 Å². The first-order chi connectivity index (χ1) is 12.4. The number of aryl methyl sites for hydroxylation is 1. The molecule has 0 bridgehead atoms. The van der Waals surface area contributed by atoms with Crippen LogP contribution >= 0.6 is 11.3 Å². The molecule has 1 aromatic heterocycles. The van der Waals surface area contributed by atoms with E-state index in [4.69, 9.17) is 4.74 Å². The van der Waals surface area contributed by atoms with Crippen molar-refractivity contribution in [1.82, 2.24) is 5.32 Å². The maximum absolute atomic E-state index is 12.3. The number of amides is 1. The molecular weight excluding hydrogens is 350 g/mol.